The molecule has 3 aromatic carbocycles. The first-order chi connectivity index (χ1) is 14.5. The minimum absolute atomic E-state index is 0.257. The lowest BCUT2D eigenvalue weighted by molar-refractivity contribution is -0.123. The van der Waals surface area contributed by atoms with Gasteiger partial charge in [0.1, 0.15) is 17.3 Å². The van der Waals surface area contributed by atoms with Crippen LogP contribution in [-0.4, -0.2) is 24.7 Å². The SMILES string of the molecule is O=C(COc1ccc(F)cc1)NN=Cc1ccc(OC(=O)c2ccccc2Br)cc1. The van der Waals surface area contributed by atoms with Crippen molar-refractivity contribution in [2.75, 3.05) is 6.61 Å². The van der Waals surface area contributed by atoms with Gasteiger partial charge < -0.3 is 9.47 Å². The van der Waals surface area contributed by atoms with Gasteiger partial charge in [-0.25, -0.2) is 14.6 Å². The minimum Gasteiger partial charge on any atom is -0.484 e. The van der Waals surface area contributed by atoms with Crippen molar-refractivity contribution >= 4 is 34.0 Å². The van der Waals surface area contributed by atoms with E-state index in [9.17, 15) is 14.0 Å². The van der Waals surface area contributed by atoms with Crippen molar-refractivity contribution in [1.29, 1.82) is 0 Å². The lowest BCUT2D eigenvalue weighted by Crippen LogP contribution is -2.24. The zero-order chi connectivity index (χ0) is 21.3. The Morgan fingerprint density at radius 3 is 2.33 bits per heavy atom. The second-order valence-corrected chi connectivity index (χ2v) is 6.83. The number of halogens is 2. The first kappa shape index (κ1) is 21.2. The molecule has 1 amide bonds. The molecule has 152 valence electrons. The molecule has 1 N–H and O–H groups in total. The third-order valence-electron chi connectivity index (χ3n) is 3.77. The monoisotopic (exact) mass is 470 g/mol. The van der Waals surface area contributed by atoms with E-state index >= 15 is 0 Å². The van der Waals surface area contributed by atoms with E-state index in [4.69, 9.17) is 9.47 Å². The van der Waals surface area contributed by atoms with Crippen molar-refractivity contribution in [3.8, 4) is 11.5 Å². The summed E-state index contributed by atoms with van der Waals surface area (Å²) in [6, 6.07) is 18.9. The molecule has 0 saturated carbocycles. The Morgan fingerprint density at radius 1 is 0.967 bits per heavy atom. The molecular formula is C22H16BrFN2O4. The third kappa shape index (κ3) is 6.25. The fourth-order valence-corrected chi connectivity index (χ4v) is 2.75. The number of hydrogen-bond donors (Lipinski definition) is 1. The second-order valence-electron chi connectivity index (χ2n) is 5.97. The molecule has 6 nitrogen and oxygen atoms in total. The number of hydrogen-bond acceptors (Lipinski definition) is 5. The van der Waals surface area contributed by atoms with Crippen LogP contribution in [0.2, 0.25) is 0 Å². The first-order valence-corrected chi connectivity index (χ1v) is 9.57. The molecule has 0 heterocycles. The van der Waals surface area contributed by atoms with E-state index in [1.54, 1.807) is 42.5 Å². The highest BCUT2D eigenvalue weighted by molar-refractivity contribution is 9.10. The van der Waals surface area contributed by atoms with Crippen molar-refractivity contribution in [3.05, 3.63) is 94.2 Å². The molecule has 0 saturated heterocycles. The third-order valence-corrected chi connectivity index (χ3v) is 4.46. The molecule has 0 radical (unpaired) electrons. The Balaban J connectivity index is 1.47. The maximum absolute atomic E-state index is 12.8. The Bertz CT molecular complexity index is 1050. The van der Waals surface area contributed by atoms with Crippen LogP contribution in [0.15, 0.2) is 82.4 Å². The number of carbonyl (C=O) groups excluding carboxylic acids is 2. The normalized spacial score (nSPS) is 10.6. The van der Waals surface area contributed by atoms with E-state index in [2.05, 4.69) is 26.5 Å². The lowest BCUT2D eigenvalue weighted by Gasteiger charge is -2.06. The molecule has 0 aliphatic rings. The highest BCUT2D eigenvalue weighted by atomic mass is 79.9. The highest BCUT2D eigenvalue weighted by Crippen LogP contribution is 2.19. The second kappa shape index (κ2) is 10.3. The topological polar surface area (TPSA) is 77.0 Å². The van der Waals surface area contributed by atoms with Crippen LogP contribution in [0.5, 0.6) is 11.5 Å². The molecule has 3 rings (SSSR count). The fourth-order valence-electron chi connectivity index (χ4n) is 2.30. The molecule has 0 spiro atoms. The van der Waals surface area contributed by atoms with Crippen molar-refractivity contribution in [2.45, 2.75) is 0 Å². The lowest BCUT2D eigenvalue weighted by atomic mass is 10.2. The predicted molar refractivity (Wildman–Crippen MR) is 113 cm³/mol. The van der Waals surface area contributed by atoms with E-state index in [0.29, 0.717) is 27.1 Å². The van der Waals surface area contributed by atoms with Crippen LogP contribution in [-0.2, 0) is 4.79 Å². The average Bonchev–Trinajstić information content (AvgIpc) is 2.75. The number of nitrogens with one attached hydrogen (secondary N) is 1. The molecule has 0 aliphatic heterocycles. The van der Waals surface area contributed by atoms with Crippen molar-refractivity contribution in [3.63, 3.8) is 0 Å². The summed E-state index contributed by atoms with van der Waals surface area (Å²) in [5, 5.41) is 3.84. The summed E-state index contributed by atoms with van der Waals surface area (Å²) in [6.45, 7) is -0.257. The molecule has 3 aromatic rings. The van der Waals surface area contributed by atoms with Crippen LogP contribution < -0.4 is 14.9 Å². The number of benzene rings is 3. The van der Waals surface area contributed by atoms with E-state index < -0.39 is 11.9 Å². The van der Waals surface area contributed by atoms with Gasteiger partial charge in [-0.3, -0.25) is 4.79 Å². The van der Waals surface area contributed by atoms with Crippen LogP contribution in [0.4, 0.5) is 4.39 Å². The number of nitrogens with zero attached hydrogens (tertiary/aromatic N) is 1. The van der Waals surface area contributed by atoms with E-state index in [1.165, 1.54) is 30.5 Å². The van der Waals surface area contributed by atoms with Crippen LogP contribution in [0.1, 0.15) is 15.9 Å². The average molecular weight is 471 g/mol. The largest absolute Gasteiger partial charge is 0.484 e. The van der Waals surface area contributed by atoms with Crippen molar-refractivity contribution < 1.29 is 23.5 Å². The van der Waals surface area contributed by atoms with Crippen LogP contribution in [0.3, 0.4) is 0 Å². The summed E-state index contributed by atoms with van der Waals surface area (Å²) in [4.78, 5) is 23.9. The molecule has 0 bridgehead atoms. The summed E-state index contributed by atoms with van der Waals surface area (Å²) in [5.74, 6) is -0.565. The standard InChI is InChI=1S/C22H16BrFN2O4/c23-20-4-2-1-3-19(20)22(28)30-18-9-5-15(6-10-18)13-25-26-21(27)14-29-17-11-7-16(24)8-12-17/h1-13H,14H2,(H,26,27). The number of esters is 1. The molecule has 0 aliphatic carbocycles. The predicted octanol–water partition coefficient (Wildman–Crippen LogP) is 4.34. The quantitative estimate of drug-likeness (QED) is 0.241. The van der Waals surface area contributed by atoms with Gasteiger partial charge in [0.05, 0.1) is 11.8 Å². The van der Waals surface area contributed by atoms with E-state index in [1.807, 2.05) is 6.07 Å². The van der Waals surface area contributed by atoms with Crippen molar-refractivity contribution in [2.24, 2.45) is 5.10 Å². The summed E-state index contributed by atoms with van der Waals surface area (Å²) >= 11 is 3.31. The van der Waals surface area contributed by atoms with E-state index in [0.717, 1.165) is 0 Å². The highest BCUT2D eigenvalue weighted by Gasteiger charge is 2.11. The molecular weight excluding hydrogens is 455 g/mol. The molecule has 0 unspecified atom stereocenters. The number of rotatable bonds is 7. The maximum Gasteiger partial charge on any atom is 0.344 e. The Morgan fingerprint density at radius 2 is 1.63 bits per heavy atom. The van der Waals surface area contributed by atoms with Crippen LogP contribution in [0.25, 0.3) is 0 Å². The Hall–Kier alpha value is -3.52. The van der Waals surface area contributed by atoms with Gasteiger partial charge in [-0.15, -0.1) is 0 Å². The van der Waals surface area contributed by atoms with Crippen LogP contribution >= 0.6 is 15.9 Å². The molecule has 0 aromatic heterocycles. The summed E-state index contributed by atoms with van der Waals surface area (Å²) < 4.78 is 24.0. The Labute approximate surface area is 180 Å². The molecule has 0 atom stereocenters. The van der Waals surface area contributed by atoms with Gasteiger partial charge in [-0.1, -0.05) is 12.1 Å². The first-order valence-electron chi connectivity index (χ1n) is 8.78. The fraction of sp³-hybridized carbons (Fsp3) is 0.0455. The van der Waals surface area contributed by atoms with Gasteiger partial charge in [0.2, 0.25) is 0 Å². The van der Waals surface area contributed by atoms with Crippen LogP contribution in [0, 0.1) is 5.82 Å². The van der Waals surface area contributed by atoms with Gasteiger partial charge in [0.25, 0.3) is 5.91 Å². The summed E-state index contributed by atoms with van der Waals surface area (Å²) in [7, 11) is 0. The van der Waals surface area contributed by atoms with Crippen molar-refractivity contribution in [1.82, 2.24) is 5.43 Å². The molecule has 30 heavy (non-hydrogen) atoms. The van der Waals surface area contributed by atoms with Gasteiger partial charge in [0.15, 0.2) is 6.61 Å². The van der Waals surface area contributed by atoms with Gasteiger partial charge in [-0.05, 0) is 82.2 Å². The number of hydrazone groups is 1. The van der Waals surface area contributed by atoms with E-state index in [-0.39, 0.29) is 12.4 Å². The summed E-state index contributed by atoms with van der Waals surface area (Å²) in [6.07, 6.45) is 1.44. The zero-order valence-electron chi connectivity index (χ0n) is 15.5. The summed E-state index contributed by atoms with van der Waals surface area (Å²) in [5.41, 5.74) is 3.44. The number of ether oxygens (including phenoxy) is 2. The number of amides is 1. The molecule has 8 heteroatoms. The number of carbonyl (C=O) groups is 2. The zero-order valence-corrected chi connectivity index (χ0v) is 17.1. The molecule has 0 fully saturated rings. The Kier molecular flexibility index (Phi) is 7.29. The van der Waals surface area contributed by atoms with Gasteiger partial charge >= 0.3 is 5.97 Å². The minimum atomic E-state index is -0.475. The maximum atomic E-state index is 12.8. The van der Waals surface area contributed by atoms with Gasteiger partial charge in [-0.2, -0.15) is 5.10 Å². The van der Waals surface area contributed by atoms with Gasteiger partial charge in [0, 0.05) is 4.47 Å². The smallest absolute Gasteiger partial charge is 0.344 e.